The average molecular weight is 497 g/mol. The molecule has 0 saturated carbocycles. The summed E-state index contributed by atoms with van der Waals surface area (Å²) in [6.45, 7) is 9.79. The Morgan fingerprint density at radius 1 is 1.21 bits per heavy atom. The Labute approximate surface area is 203 Å². The molecular weight excluding hydrogens is 469 g/mol. The molecule has 4 nitrogen and oxygen atoms in total. The molecule has 2 aromatic rings. The van der Waals surface area contributed by atoms with Gasteiger partial charge in [0.25, 0.3) is 0 Å². The second kappa shape index (κ2) is 10.4. The molecule has 1 aliphatic heterocycles. The van der Waals surface area contributed by atoms with E-state index in [4.69, 9.17) is 23.2 Å². The van der Waals surface area contributed by atoms with Crippen LogP contribution < -0.4 is 5.32 Å². The van der Waals surface area contributed by atoms with Crippen LogP contribution in [-0.2, 0) is 10.2 Å². The van der Waals surface area contributed by atoms with E-state index in [0.717, 1.165) is 6.07 Å². The van der Waals surface area contributed by atoms with Crippen molar-refractivity contribution in [3.8, 4) is 6.07 Å². The molecule has 1 aliphatic rings. The van der Waals surface area contributed by atoms with E-state index in [0.29, 0.717) is 6.42 Å². The minimum atomic E-state index is -1.73. The Morgan fingerprint density at radius 2 is 1.85 bits per heavy atom. The Morgan fingerprint density at radius 3 is 2.36 bits per heavy atom. The van der Waals surface area contributed by atoms with Gasteiger partial charge in [0.15, 0.2) is 0 Å². The fourth-order valence-corrected chi connectivity index (χ4v) is 4.88. The molecule has 3 rings (SSSR count). The first-order valence-corrected chi connectivity index (χ1v) is 11.5. The standard InChI is InChI=1S/C23H22Cl2F2N2O2.C2H6/c1-22(2,3)10-17-23(11-28,14-8-7-12(24)9-16(14)26)18(20(29-17)21(30)31)13-5-4-6-15(25)19(13)27;1-2/h4-9,17-18,20,29H,10H2,1-3H3,(H,30,31);1-2H3/t17-,18-,20+,23-;/m0./s1. The zero-order valence-electron chi connectivity index (χ0n) is 19.2. The summed E-state index contributed by atoms with van der Waals surface area (Å²) >= 11 is 11.9. The van der Waals surface area contributed by atoms with E-state index in [1.807, 2.05) is 34.6 Å². The number of hydrogen-bond donors (Lipinski definition) is 2. The summed E-state index contributed by atoms with van der Waals surface area (Å²) in [7, 11) is 0. The monoisotopic (exact) mass is 496 g/mol. The van der Waals surface area contributed by atoms with E-state index in [1.54, 1.807) is 0 Å². The highest BCUT2D eigenvalue weighted by molar-refractivity contribution is 6.31. The molecule has 1 heterocycles. The van der Waals surface area contributed by atoms with Crippen molar-refractivity contribution in [1.29, 1.82) is 5.26 Å². The van der Waals surface area contributed by atoms with Gasteiger partial charge in [-0.2, -0.15) is 5.26 Å². The number of benzene rings is 2. The summed E-state index contributed by atoms with van der Waals surface area (Å²) in [6, 6.07) is 8.16. The highest BCUT2D eigenvalue weighted by Crippen LogP contribution is 2.52. The van der Waals surface area contributed by atoms with Gasteiger partial charge < -0.3 is 5.11 Å². The summed E-state index contributed by atoms with van der Waals surface area (Å²) in [5.41, 5.74) is -2.15. The fourth-order valence-electron chi connectivity index (χ4n) is 4.54. The van der Waals surface area contributed by atoms with E-state index < -0.39 is 41.0 Å². The maximum absolute atomic E-state index is 15.2. The summed E-state index contributed by atoms with van der Waals surface area (Å²) in [5.74, 6) is -4.09. The third-order valence-electron chi connectivity index (χ3n) is 5.72. The van der Waals surface area contributed by atoms with Gasteiger partial charge in [0.05, 0.1) is 11.1 Å². The van der Waals surface area contributed by atoms with Gasteiger partial charge in [-0.1, -0.05) is 76.0 Å². The average Bonchev–Trinajstić information content (AvgIpc) is 3.05. The summed E-state index contributed by atoms with van der Waals surface area (Å²) in [5, 5.41) is 23.4. The molecule has 0 spiro atoms. The van der Waals surface area contributed by atoms with Crippen LogP contribution >= 0.6 is 23.2 Å². The molecule has 2 aromatic carbocycles. The largest absolute Gasteiger partial charge is 0.480 e. The van der Waals surface area contributed by atoms with Crippen molar-refractivity contribution in [3.05, 3.63) is 69.2 Å². The lowest BCUT2D eigenvalue weighted by Gasteiger charge is -2.37. The van der Waals surface area contributed by atoms with Gasteiger partial charge in [-0.15, -0.1) is 0 Å². The van der Waals surface area contributed by atoms with Crippen LogP contribution in [0.15, 0.2) is 36.4 Å². The van der Waals surface area contributed by atoms with Crippen LogP contribution in [0.4, 0.5) is 8.78 Å². The van der Waals surface area contributed by atoms with Crippen molar-refractivity contribution < 1.29 is 18.7 Å². The van der Waals surface area contributed by atoms with E-state index >= 15 is 8.78 Å². The molecule has 0 radical (unpaired) electrons. The minimum Gasteiger partial charge on any atom is -0.480 e. The zero-order valence-corrected chi connectivity index (χ0v) is 20.7. The molecule has 4 atom stereocenters. The lowest BCUT2D eigenvalue weighted by molar-refractivity contribution is -0.139. The van der Waals surface area contributed by atoms with Gasteiger partial charge >= 0.3 is 5.97 Å². The van der Waals surface area contributed by atoms with Crippen LogP contribution in [0.3, 0.4) is 0 Å². The summed E-state index contributed by atoms with van der Waals surface area (Å²) in [6.07, 6.45) is 0.338. The van der Waals surface area contributed by atoms with Crippen LogP contribution in [0, 0.1) is 28.4 Å². The van der Waals surface area contributed by atoms with Crippen molar-refractivity contribution in [3.63, 3.8) is 0 Å². The number of halogens is 4. The normalized spacial score (nSPS) is 24.5. The van der Waals surface area contributed by atoms with Crippen molar-refractivity contribution in [2.45, 2.75) is 64.5 Å². The van der Waals surface area contributed by atoms with E-state index in [-0.39, 0.29) is 26.6 Å². The van der Waals surface area contributed by atoms with Crippen LogP contribution in [-0.4, -0.2) is 23.2 Å². The molecule has 33 heavy (non-hydrogen) atoms. The third-order valence-corrected chi connectivity index (χ3v) is 6.24. The van der Waals surface area contributed by atoms with Crippen LogP contribution in [0.2, 0.25) is 10.0 Å². The van der Waals surface area contributed by atoms with E-state index in [2.05, 4.69) is 11.4 Å². The van der Waals surface area contributed by atoms with Gasteiger partial charge in [0, 0.05) is 22.5 Å². The number of carboxylic acid groups (broad SMARTS) is 1. The molecular formula is C25H28Cl2F2N2O2. The molecule has 0 unspecified atom stereocenters. The van der Waals surface area contributed by atoms with Crippen LogP contribution in [0.25, 0.3) is 0 Å². The van der Waals surface area contributed by atoms with Crippen LogP contribution in [0.1, 0.15) is 58.1 Å². The van der Waals surface area contributed by atoms with Gasteiger partial charge in [-0.3, -0.25) is 10.1 Å². The van der Waals surface area contributed by atoms with E-state index in [9.17, 15) is 15.2 Å². The molecule has 178 valence electrons. The van der Waals surface area contributed by atoms with Gasteiger partial charge in [-0.05, 0) is 35.6 Å². The highest BCUT2D eigenvalue weighted by atomic mass is 35.5. The molecule has 0 aliphatic carbocycles. The lowest BCUT2D eigenvalue weighted by Crippen LogP contribution is -2.44. The second-order valence-electron chi connectivity index (χ2n) is 9.03. The molecule has 2 N–H and O–H groups in total. The van der Waals surface area contributed by atoms with Gasteiger partial charge in [0.2, 0.25) is 0 Å². The first-order chi connectivity index (χ1) is 15.4. The first kappa shape index (κ1) is 27.0. The van der Waals surface area contributed by atoms with Gasteiger partial charge in [-0.25, -0.2) is 8.78 Å². The quantitative estimate of drug-likeness (QED) is 0.493. The number of nitrogens with one attached hydrogen (secondary N) is 1. The Hall–Kier alpha value is -2.20. The number of rotatable bonds is 4. The number of nitriles is 1. The second-order valence-corrected chi connectivity index (χ2v) is 9.87. The van der Waals surface area contributed by atoms with E-state index in [1.165, 1.54) is 30.3 Å². The van der Waals surface area contributed by atoms with Crippen molar-refractivity contribution in [2.24, 2.45) is 5.41 Å². The highest BCUT2D eigenvalue weighted by Gasteiger charge is 2.61. The van der Waals surface area contributed by atoms with Crippen LogP contribution in [0.5, 0.6) is 0 Å². The summed E-state index contributed by atoms with van der Waals surface area (Å²) < 4.78 is 30.3. The number of carboxylic acids is 1. The Bertz CT molecular complexity index is 1070. The minimum absolute atomic E-state index is 0.0331. The SMILES string of the molecule is CC.CC(C)(C)C[C@@H]1N[C@@H](C(=O)O)[C@H](c2cccc(Cl)c2F)[C@@]1(C#N)c1ccc(Cl)cc1F. The number of nitrogens with zero attached hydrogens (tertiary/aromatic N) is 1. The van der Waals surface area contributed by atoms with Crippen molar-refractivity contribution >= 4 is 29.2 Å². The zero-order chi connectivity index (χ0) is 25.1. The van der Waals surface area contributed by atoms with Crippen molar-refractivity contribution in [1.82, 2.24) is 5.32 Å². The Balaban J connectivity index is 0.00000187. The number of carbonyl (C=O) groups is 1. The maximum atomic E-state index is 15.2. The number of aliphatic carboxylic acids is 1. The lowest BCUT2D eigenvalue weighted by atomic mass is 9.62. The molecule has 8 heteroatoms. The predicted molar refractivity (Wildman–Crippen MR) is 127 cm³/mol. The molecule has 0 aromatic heterocycles. The van der Waals surface area contributed by atoms with Gasteiger partial charge in [0.1, 0.15) is 23.1 Å². The number of hydrogen-bond acceptors (Lipinski definition) is 3. The predicted octanol–water partition coefficient (Wildman–Crippen LogP) is 6.70. The topological polar surface area (TPSA) is 73.1 Å². The first-order valence-electron chi connectivity index (χ1n) is 10.7. The third kappa shape index (κ3) is 5.16. The molecule has 0 amide bonds. The molecule has 0 bridgehead atoms. The molecule has 1 fully saturated rings. The fraction of sp³-hybridized carbons (Fsp3) is 0.440. The smallest absolute Gasteiger partial charge is 0.321 e. The maximum Gasteiger partial charge on any atom is 0.321 e. The summed E-state index contributed by atoms with van der Waals surface area (Å²) in [4.78, 5) is 12.2. The Kier molecular flexibility index (Phi) is 8.51. The molecule has 1 saturated heterocycles. The van der Waals surface area contributed by atoms with Crippen molar-refractivity contribution in [2.75, 3.05) is 0 Å².